The van der Waals surface area contributed by atoms with Gasteiger partial charge in [0.15, 0.2) is 7.28 Å². The molecule has 1 amide bonds. The summed E-state index contributed by atoms with van der Waals surface area (Å²) in [6.07, 6.45) is 6.06. The van der Waals surface area contributed by atoms with E-state index in [1.807, 2.05) is 37.3 Å². The van der Waals surface area contributed by atoms with E-state index in [1.165, 1.54) is 11.1 Å². The third kappa shape index (κ3) is 3.44. The molecule has 1 saturated carbocycles. The van der Waals surface area contributed by atoms with E-state index >= 15 is 0 Å². The number of hydrogen-bond acceptors (Lipinski definition) is 5. The minimum Gasteiger partial charge on any atom is -0.489 e. The molecule has 7 rings (SSSR count). The van der Waals surface area contributed by atoms with Gasteiger partial charge in [-0.05, 0) is 65.3 Å². The fraction of sp³-hybridized carbons (Fsp3) is 0.321. The number of rotatable bonds is 6. The summed E-state index contributed by atoms with van der Waals surface area (Å²) in [5.41, 5.74) is 7.81. The number of amides is 1. The summed E-state index contributed by atoms with van der Waals surface area (Å²) >= 11 is 0. The number of aryl methyl sites for hydroxylation is 1. The highest BCUT2D eigenvalue weighted by molar-refractivity contribution is 6.67. The van der Waals surface area contributed by atoms with E-state index in [2.05, 4.69) is 23.2 Å². The number of fused-ring (bicyclic) bond motifs is 5. The molecule has 1 unspecified atom stereocenters. The Morgan fingerprint density at radius 3 is 2.86 bits per heavy atom. The van der Waals surface area contributed by atoms with Crippen molar-refractivity contribution in [3.05, 3.63) is 71.2 Å². The molecule has 3 radical (unpaired) electrons. The van der Waals surface area contributed by atoms with Gasteiger partial charge < -0.3 is 14.4 Å². The Morgan fingerprint density at radius 2 is 2.05 bits per heavy atom. The van der Waals surface area contributed by atoms with Crippen LogP contribution < -0.4 is 10.2 Å². The lowest BCUT2D eigenvalue weighted by Gasteiger charge is -2.41. The molecule has 4 aromatic rings. The third-order valence-electron chi connectivity index (χ3n) is 7.75. The lowest BCUT2D eigenvalue weighted by Crippen LogP contribution is -2.57. The van der Waals surface area contributed by atoms with Gasteiger partial charge in [0.05, 0.1) is 17.9 Å². The summed E-state index contributed by atoms with van der Waals surface area (Å²) in [7, 11) is 12.5. The fourth-order valence-corrected chi connectivity index (χ4v) is 5.82. The average Bonchev–Trinajstić information content (AvgIpc) is 3.63. The van der Waals surface area contributed by atoms with Gasteiger partial charge in [-0.15, -0.1) is 0 Å². The van der Waals surface area contributed by atoms with Crippen molar-refractivity contribution in [1.29, 1.82) is 0 Å². The van der Waals surface area contributed by atoms with Crippen LogP contribution in [0, 0.1) is 0 Å². The Hall–Kier alpha value is -3.58. The van der Waals surface area contributed by atoms with Crippen molar-refractivity contribution >= 4 is 37.4 Å². The lowest BCUT2D eigenvalue weighted by atomic mass is 9.41. The summed E-state index contributed by atoms with van der Waals surface area (Å²) in [6, 6.07) is 12.2. The van der Waals surface area contributed by atoms with Gasteiger partial charge in [0.25, 0.3) is 5.91 Å². The predicted octanol–water partition coefficient (Wildman–Crippen LogP) is 2.82. The molecule has 1 atom stereocenters. The molecule has 0 N–H and O–H groups in total. The highest BCUT2D eigenvalue weighted by Crippen LogP contribution is 2.46. The molecule has 181 valence electrons. The second-order valence-corrected chi connectivity index (χ2v) is 10.2. The molecule has 2 aromatic heterocycles. The largest absolute Gasteiger partial charge is 0.489 e. The van der Waals surface area contributed by atoms with Crippen LogP contribution in [0.3, 0.4) is 0 Å². The quantitative estimate of drug-likeness (QED) is 0.309. The zero-order chi connectivity index (χ0) is 25.3. The highest BCUT2D eigenvalue weighted by atomic mass is 16.5. The molecule has 0 bridgehead atoms. The summed E-state index contributed by atoms with van der Waals surface area (Å²) in [5.74, 6) is 1.19. The fourth-order valence-electron chi connectivity index (χ4n) is 5.82. The highest BCUT2D eigenvalue weighted by Gasteiger charge is 2.50. The van der Waals surface area contributed by atoms with Crippen LogP contribution in [0.25, 0.3) is 22.0 Å². The molecule has 7 nitrogen and oxygen atoms in total. The van der Waals surface area contributed by atoms with E-state index in [4.69, 9.17) is 22.4 Å². The van der Waals surface area contributed by atoms with E-state index in [1.54, 1.807) is 24.3 Å². The standard InChI is InChI=1S/C28H25B2N4O3/c1-33-14-22-18(7-8-24(25(22)32-33)37-11-10-36-2)17-12-20(16-5-6-16)21-15-34-27(35)19-4-3-9-31-26(19)28(34,29)30-23(21)13-17/h3-4,7-9,12-14,16H,5-6,10-11,15H2,1-2H3. The molecule has 4 heterocycles. The molecule has 2 aromatic carbocycles. The molecular weight excluding hydrogens is 462 g/mol. The molecule has 1 aliphatic carbocycles. The summed E-state index contributed by atoms with van der Waals surface area (Å²) in [6.45, 7) is 1.46. The molecular formula is C28H25B2N4O3. The van der Waals surface area contributed by atoms with Crippen molar-refractivity contribution in [3.63, 3.8) is 0 Å². The summed E-state index contributed by atoms with van der Waals surface area (Å²) < 4.78 is 12.9. The SMILES string of the molecule is [B]C12[B]c3cc(-c4ccc(OCCOC)c5nn(C)cc45)cc(C4CC4)c3CN1C(=O)c1cccnc12. The monoisotopic (exact) mass is 487 g/mol. The number of ether oxygens (including phenoxy) is 2. The topological polar surface area (TPSA) is 69.5 Å². The van der Waals surface area contributed by atoms with Crippen LogP contribution >= 0.6 is 0 Å². The Morgan fingerprint density at radius 1 is 1.19 bits per heavy atom. The number of nitrogens with zero attached hydrogens (tertiary/aromatic N) is 4. The zero-order valence-electron chi connectivity index (χ0n) is 20.9. The Labute approximate surface area is 217 Å². The molecule has 2 aliphatic heterocycles. The first kappa shape index (κ1) is 22.6. The second-order valence-electron chi connectivity index (χ2n) is 10.2. The predicted molar refractivity (Wildman–Crippen MR) is 142 cm³/mol. The van der Waals surface area contributed by atoms with Crippen molar-refractivity contribution in [2.75, 3.05) is 20.3 Å². The van der Waals surface area contributed by atoms with Crippen molar-refractivity contribution in [2.24, 2.45) is 7.05 Å². The van der Waals surface area contributed by atoms with E-state index in [9.17, 15) is 4.79 Å². The molecule has 0 saturated heterocycles. The Bertz CT molecular complexity index is 1580. The molecule has 0 spiro atoms. The van der Waals surface area contributed by atoms with Gasteiger partial charge in [-0.1, -0.05) is 17.6 Å². The number of aromatic nitrogens is 3. The second kappa shape index (κ2) is 8.21. The van der Waals surface area contributed by atoms with Crippen molar-refractivity contribution in [2.45, 2.75) is 30.6 Å². The van der Waals surface area contributed by atoms with Crippen LogP contribution in [0.2, 0.25) is 0 Å². The first-order chi connectivity index (χ1) is 18.0. The van der Waals surface area contributed by atoms with Gasteiger partial charge in [0.2, 0.25) is 0 Å². The first-order valence-electron chi connectivity index (χ1n) is 12.7. The number of carbonyl (C=O) groups is 1. The molecule has 1 fully saturated rings. The normalized spacial score (nSPS) is 19.9. The minimum atomic E-state index is -1.05. The first-order valence-corrected chi connectivity index (χ1v) is 12.7. The molecule has 37 heavy (non-hydrogen) atoms. The van der Waals surface area contributed by atoms with E-state index in [-0.39, 0.29) is 5.91 Å². The van der Waals surface area contributed by atoms with Crippen LogP contribution in [0.1, 0.15) is 45.9 Å². The van der Waals surface area contributed by atoms with Gasteiger partial charge in [-0.3, -0.25) is 14.5 Å². The number of methoxy groups -OCH3 is 1. The van der Waals surface area contributed by atoms with Crippen LogP contribution in [-0.2, 0) is 23.7 Å². The maximum Gasteiger partial charge on any atom is 0.255 e. The van der Waals surface area contributed by atoms with Crippen LogP contribution in [-0.4, -0.2) is 61.0 Å². The van der Waals surface area contributed by atoms with Crippen LogP contribution in [0.4, 0.5) is 0 Å². The van der Waals surface area contributed by atoms with Crippen molar-refractivity contribution in [1.82, 2.24) is 19.7 Å². The Kier molecular flexibility index (Phi) is 5.02. The van der Waals surface area contributed by atoms with Gasteiger partial charge in [0, 0.05) is 43.8 Å². The summed E-state index contributed by atoms with van der Waals surface area (Å²) in [5, 5.41) is 4.67. The average molecular weight is 487 g/mol. The maximum absolute atomic E-state index is 13.3. The van der Waals surface area contributed by atoms with Crippen LogP contribution in [0.15, 0.2) is 48.8 Å². The number of hydrogen-bond donors (Lipinski definition) is 0. The third-order valence-corrected chi connectivity index (χ3v) is 7.75. The number of pyridine rings is 1. The van der Waals surface area contributed by atoms with Crippen molar-refractivity contribution < 1.29 is 14.3 Å². The van der Waals surface area contributed by atoms with Crippen LogP contribution in [0.5, 0.6) is 5.75 Å². The number of carbonyl (C=O) groups excluding carboxylic acids is 1. The van der Waals surface area contributed by atoms with E-state index in [0.29, 0.717) is 36.9 Å². The number of benzene rings is 2. The smallest absolute Gasteiger partial charge is 0.255 e. The Balaban J connectivity index is 1.36. The van der Waals surface area contributed by atoms with Crippen molar-refractivity contribution in [3.8, 4) is 16.9 Å². The molecule has 9 heteroatoms. The van der Waals surface area contributed by atoms with Gasteiger partial charge in [0.1, 0.15) is 25.7 Å². The lowest BCUT2D eigenvalue weighted by molar-refractivity contribution is 0.0725. The van der Waals surface area contributed by atoms with E-state index < -0.39 is 5.34 Å². The zero-order valence-corrected chi connectivity index (χ0v) is 20.9. The van der Waals surface area contributed by atoms with Gasteiger partial charge in [-0.25, -0.2) is 0 Å². The van der Waals surface area contributed by atoms with E-state index in [0.717, 1.165) is 46.1 Å². The maximum atomic E-state index is 13.3. The van der Waals surface area contributed by atoms with Gasteiger partial charge >= 0.3 is 0 Å². The molecule has 3 aliphatic rings. The van der Waals surface area contributed by atoms with Gasteiger partial charge in [-0.2, -0.15) is 5.10 Å². The summed E-state index contributed by atoms with van der Waals surface area (Å²) in [4.78, 5) is 19.6. The minimum absolute atomic E-state index is 0.0561.